The highest BCUT2D eigenvalue weighted by atomic mass is 16.2. The maximum absolute atomic E-state index is 13.4. The second-order valence-corrected chi connectivity index (χ2v) is 9.06. The molecule has 3 aromatic carbocycles. The number of dihydropyridines is 1. The first kappa shape index (κ1) is 20.5. The first-order valence-corrected chi connectivity index (χ1v) is 11.6. The van der Waals surface area contributed by atoms with Gasteiger partial charge >= 0.3 is 0 Å². The lowest BCUT2D eigenvalue weighted by Gasteiger charge is -2.26. The van der Waals surface area contributed by atoms with E-state index in [1.807, 2.05) is 88.7 Å². The minimum atomic E-state index is -0.0816. The minimum absolute atomic E-state index is 0.0411. The summed E-state index contributed by atoms with van der Waals surface area (Å²) in [5.74, 6) is -0.164. The molecule has 0 saturated heterocycles. The molecule has 3 aromatic rings. The zero-order valence-corrected chi connectivity index (χ0v) is 18.8. The van der Waals surface area contributed by atoms with E-state index in [4.69, 9.17) is 0 Å². The van der Waals surface area contributed by atoms with Gasteiger partial charge in [0, 0.05) is 32.1 Å². The molecule has 34 heavy (non-hydrogen) atoms. The molecule has 3 aliphatic rings. The number of rotatable bonds is 5. The fourth-order valence-electron chi connectivity index (χ4n) is 5.29. The first-order valence-electron chi connectivity index (χ1n) is 11.6. The van der Waals surface area contributed by atoms with Crippen LogP contribution in [0.2, 0.25) is 0 Å². The number of carbonyl (C=O) groups excluding carboxylic acids is 2. The molecule has 3 aliphatic heterocycles. The molecule has 2 amide bonds. The van der Waals surface area contributed by atoms with Crippen molar-refractivity contribution < 1.29 is 9.59 Å². The van der Waals surface area contributed by atoms with E-state index in [9.17, 15) is 9.59 Å². The molecule has 3 heterocycles. The second kappa shape index (κ2) is 8.34. The van der Waals surface area contributed by atoms with E-state index in [0.29, 0.717) is 37.6 Å². The summed E-state index contributed by atoms with van der Waals surface area (Å²) in [4.78, 5) is 30.6. The lowest BCUT2D eigenvalue weighted by atomic mass is 9.81. The predicted molar refractivity (Wildman–Crippen MR) is 130 cm³/mol. The Bertz CT molecular complexity index is 1230. The van der Waals surface area contributed by atoms with Crippen molar-refractivity contribution in [1.82, 2.24) is 15.1 Å². The zero-order valence-electron chi connectivity index (χ0n) is 18.8. The summed E-state index contributed by atoms with van der Waals surface area (Å²) in [6.07, 6.45) is 0. The van der Waals surface area contributed by atoms with E-state index in [0.717, 1.165) is 27.8 Å². The lowest BCUT2D eigenvalue weighted by molar-refractivity contribution is -0.126. The van der Waals surface area contributed by atoms with Crippen molar-refractivity contribution in [3.05, 3.63) is 130 Å². The van der Waals surface area contributed by atoms with Gasteiger partial charge in [0.1, 0.15) is 11.4 Å². The number of nitrogens with zero attached hydrogens (tertiary/aromatic N) is 2. The topological polar surface area (TPSA) is 52.7 Å². The highest BCUT2D eigenvalue weighted by Gasteiger charge is 2.45. The van der Waals surface area contributed by atoms with Gasteiger partial charge in [-0.3, -0.25) is 9.59 Å². The maximum atomic E-state index is 13.4. The van der Waals surface area contributed by atoms with Crippen molar-refractivity contribution in [2.24, 2.45) is 0 Å². The van der Waals surface area contributed by atoms with Crippen molar-refractivity contribution in [3.63, 3.8) is 0 Å². The van der Waals surface area contributed by atoms with Crippen LogP contribution in [0.3, 0.4) is 0 Å². The molecule has 5 heteroatoms. The Labute approximate surface area is 199 Å². The number of hydrogen-bond acceptors (Lipinski definition) is 3. The normalized spacial score (nSPS) is 17.9. The Kier molecular flexibility index (Phi) is 5.02. The fraction of sp³-hybridized carbons (Fsp3) is 0.172. The molecule has 1 N–H and O–H groups in total. The van der Waals surface area contributed by atoms with Crippen LogP contribution < -0.4 is 5.32 Å². The average molecular weight is 448 g/mol. The zero-order chi connectivity index (χ0) is 23.1. The first-order chi connectivity index (χ1) is 16.7. The van der Waals surface area contributed by atoms with Gasteiger partial charge in [-0.25, -0.2) is 0 Å². The van der Waals surface area contributed by atoms with Crippen molar-refractivity contribution in [1.29, 1.82) is 0 Å². The molecule has 0 atom stereocenters. The third-order valence-electron chi connectivity index (χ3n) is 6.88. The van der Waals surface area contributed by atoms with Crippen LogP contribution in [0.25, 0.3) is 0 Å². The number of carbonyl (C=O) groups is 2. The summed E-state index contributed by atoms with van der Waals surface area (Å²) in [5, 5.41) is 3.28. The quantitative estimate of drug-likeness (QED) is 0.644. The largest absolute Gasteiger partial charge is 0.346 e. The van der Waals surface area contributed by atoms with Crippen LogP contribution in [0.15, 0.2) is 114 Å². The van der Waals surface area contributed by atoms with Gasteiger partial charge in [-0.05, 0) is 27.8 Å². The van der Waals surface area contributed by atoms with E-state index < -0.39 is 0 Å². The molecular formula is C29H25N3O2. The average Bonchev–Trinajstić information content (AvgIpc) is 3.35. The Morgan fingerprint density at radius 1 is 0.618 bits per heavy atom. The molecule has 0 spiro atoms. The summed E-state index contributed by atoms with van der Waals surface area (Å²) in [6.45, 7) is 2.21. The van der Waals surface area contributed by atoms with Crippen molar-refractivity contribution >= 4 is 11.8 Å². The van der Waals surface area contributed by atoms with Crippen LogP contribution in [0.5, 0.6) is 0 Å². The molecule has 0 unspecified atom stereocenters. The highest BCUT2D eigenvalue weighted by molar-refractivity contribution is 6.04. The predicted octanol–water partition coefficient (Wildman–Crippen LogP) is 3.97. The van der Waals surface area contributed by atoms with E-state index >= 15 is 0 Å². The summed E-state index contributed by atoms with van der Waals surface area (Å²) < 4.78 is 0. The Balaban J connectivity index is 1.33. The van der Waals surface area contributed by atoms with Crippen molar-refractivity contribution in [2.75, 3.05) is 13.1 Å². The van der Waals surface area contributed by atoms with E-state index in [2.05, 4.69) is 17.4 Å². The van der Waals surface area contributed by atoms with Gasteiger partial charge in [-0.15, -0.1) is 0 Å². The third kappa shape index (κ3) is 3.50. The molecule has 0 bridgehead atoms. The van der Waals surface area contributed by atoms with Crippen LogP contribution in [0.4, 0.5) is 0 Å². The fourth-order valence-corrected chi connectivity index (χ4v) is 5.29. The Morgan fingerprint density at radius 3 is 1.47 bits per heavy atom. The molecule has 168 valence electrons. The lowest BCUT2D eigenvalue weighted by Crippen LogP contribution is -2.34. The standard InChI is InChI=1S/C29H25N3O2/c33-28-26-23(18-31(28)16-20-10-4-1-5-11-20)25(22-14-8-3-9-15-22)24-19-32(29(34)27(24)30-26)17-21-12-6-2-7-13-21/h1-15,25,30H,16-19H2. The molecule has 6 rings (SSSR count). The van der Waals surface area contributed by atoms with E-state index in [-0.39, 0.29) is 17.7 Å². The van der Waals surface area contributed by atoms with Gasteiger partial charge in [0.2, 0.25) is 0 Å². The van der Waals surface area contributed by atoms with Crippen LogP contribution >= 0.6 is 0 Å². The Hall–Kier alpha value is -4.12. The number of benzene rings is 3. The summed E-state index contributed by atoms with van der Waals surface area (Å²) in [7, 11) is 0. The van der Waals surface area contributed by atoms with E-state index in [1.54, 1.807) is 0 Å². The van der Waals surface area contributed by atoms with Crippen molar-refractivity contribution in [2.45, 2.75) is 19.0 Å². The molecule has 5 nitrogen and oxygen atoms in total. The molecule has 0 aliphatic carbocycles. The van der Waals surface area contributed by atoms with Crippen LogP contribution in [-0.4, -0.2) is 34.7 Å². The van der Waals surface area contributed by atoms with Crippen molar-refractivity contribution in [3.8, 4) is 0 Å². The summed E-state index contributed by atoms with van der Waals surface area (Å²) >= 11 is 0. The highest BCUT2D eigenvalue weighted by Crippen LogP contribution is 2.44. The summed E-state index contributed by atoms with van der Waals surface area (Å²) in [6, 6.07) is 30.3. The van der Waals surface area contributed by atoms with Crippen LogP contribution in [0.1, 0.15) is 22.6 Å². The molecule has 0 saturated carbocycles. The minimum Gasteiger partial charge on any atom is -0.346 e. The van der Waals surface area contributed by atoms with Crippen LogP contribution in [-0.2, 0) is 22.7 Å². The number of nitrogens with one attached hydrogen (secondary N) is 1. The smallest absolute Gasteiger partial charge is 0.270 e. The SMILES string of the molecule is O=C1C2=C(CN1Cc1ccccc1)C(c1ccccc1)C1=C(N2)C(=O)N(Cc2ccccc2)C1. The van der Waals surface area contributed by atoms with Gasteiger partial charge in [-0.1, -0.05) is 91.0 Å². The third-order valence-corrected chi connectivity index (χ3v) is 6.88. The summed E-state index contributed by atoms with van der Waals surface area (Å²) in [5.41, 5.74) is 6.56. The maximum Gasteiger partial charge on any atom is 0.270 e. The van der Waals surface area contributed by atoms with Gasteiger partial charge in [0.25, 0.3) is 11.8 Å². The number of amides is 2. The molecular weight excluding hydrogens is 422 g/mol. The second-order valence-electron chi connectivity index (χ2n) is 9.06. The van der Waals surface area contributed by atoms with Gasteiger partial charge in [0.05, 0.1) is 0 Å². The molecule has 0 radical (unpaired) electrons. The monoisotopic (exact) mass is 447 g/mol. The number of hydrogen-bond donors (Lipinski definition) is 1. The van der Waals surface area contributed by atoms with E-state index in [1.165, 1.54) is 0 Å². The Morgan fingerprint density at radius 2 is 1.03 bits per heavy atom. The molecule has 0 fully saturated rings. The van der Waals surface area contributed by atoms with Gasteiger partial charge in [-0.2, -0.15) is 0 Å². The molecule has 0 aromatic heterocycles. The van der Waals surface area contributed by atoms with Crippen LogP contribution in [0, 0.1) is 0 Å². The van der Waals surface area contributed by atoms with Gasteiger partial charge in [0.15, 0.2) is 0 Å². The van der Waals surface area contributed by atoms with Gasteiger partial charge < -0.3 is 15.1 Å².